The molecule has 0 bridgehead atoms. The normalized spacial score (nSPS) is 10.2. The van der Waals surface area contributed by atoms with E-state index in [1.54, 1.807) is 6.07 Å². The second-order valence-electron chi connectivity index (χ2n) is 4.63. The van der Waals surface area contributed by atoms with Crippen molar-refractivity contribution in [3.63, 3.8) is 0 Å². The van der Waals surface area contributed by atoms with Gasteiger partial charge in [-0.05, 0) is 25.5 Å². The predicted octanol–water partition coefficient (Wildman–Crippen LogP) is 2.73. The van der Waals surface area contributed by atoms with Crippen LogP contribution in [0.1, 0.15) is 26.3 Å². The Bertz CT molecular complexity index is 470. The highest BCUT2D eigenvalue weighted by Gasteiger charge is 2.13. The highest BCUT2D eigenvalue weighted by Crippen LogP contribution is 2.26. The molecule has 3 amide bonds. The third kappa shape index (κ3) is 4.28. The molecule has 5 heteroatoms. The fourth-order valence-electron chi connectivity index (χ4n) is 1.53. The highest BCUT2D eigenvalue weighted by atomic mass is 16.2. The zero-order valence-corrected chi connectivity index (χ0v) is 11.8. The molecule has 0 saturated carbocycles. The van der Waals surface area contributed by atoms with E-state index < -0.39 is 0 Å². The topological polar surface area (TPSA) is 70.2 Å². The Morgan fingerprint density at radius 1 is 1.21 bits per heavy atom. The number of hydrogen-bond acceptors (Lipinski definition) is 2. The van der Waals surface area contributed by atoms with Crippen molar-refractivity contribution in [2.45, 2.75) is 27.7 Å². The average molecular weight is 263 g/mol. The molecule has 0 radical (unpaired) electrons. The number of rotatable bonds is 4. The number of nitrogens with one attached hydrogen (secondary N) is 3. The summed E-state index contributed by atoms with van der Waals surface area (Å²) in [4.78, 5) is 23.3. The molecule has 5 nitrogen and oxygen atoms in total. The summed E-state index contributed by atoms with van der Waals surface area (Å²) in [6.45, 7) is 7.93. The molecule has 0 atom stereocenters. The van der Waals surface area contributed by atoms with Crippen LogP contribution in [0, 0.1) is 12.8 Å². The third-order valence-electron chi connectivity index (χ3n) is 2.63. The van der Waals surface area contributed by atoms with Crippen LogP contribution < -0.4 is 16.0 Å². The van der Waals surface area contributed by atoms with Crippen LogP contribution in [0.4, 0.5) is 16.2 Å². The second kappa shape index (κ2) is 6.78. The van der Waals surface area contributed by atoms with Crippen molar-refractivity contribution < 1.29 is 9.59 Å². The van der Waals surface area contributed by atoms with Crippen LogP contribution in [0.15, 0.2) is 18.2 Å². The molecule has 0 unspecified atom stereocenters. The van der Waals surface area contributed by atoms with E-state index in [4.69, 9.17) is 0 Å². The fraction of sp³-hybridized carbons (Fsp3) is 0.429. The first-order valence-corrected chi connectivity index (χ1v) is 6.41. The lowest BCUT2D eigenvalue weighted by Crippen LogP contribution is -2.29. The van der Waals surface area contributed by atoms with E-state index in [1.807, 2.05) is 39.8 Å². The van der Waals surface area contributed by atoms with Crippen molar-refractivity contribution >= 4 is 23.3 Å². The summed E-state index contributed by atoms with van der Waals surface area (Å²) in [5, 5.41) is 8.23. The van der Waals surface area contributed by atoms with E-state index in [1.165, 1.54) is 0 Å². The van der Waals surface area contributed by atoms with Crippen molar-refractivity contribution in [1.29, 1.82) is 0 Å². The molecular weight excluding hydrogens is 242 g/mol. The van der Waals surface area contributed by atoms with Gasteiger partial charge in [0.2, 0.25) is 5.91 Å². The average Bonchev–Trinajstić information content (AvgIpc) is 2.33. The molecule has 0 aliphatic carbocycles. The summed E-state index contributed by atoms with van der Waals surface area (Å²) in [7, 11) is 0. The molecule has 19 heavy (non-hydrogen) atoms. The van der Waals surface area contributed by atoms with Crippen molar-refractivity contribution in [2.24, 2.45) is 5.92 Å². The predicted molar refractivity (Wildman–Crippen MR) is 77.3 cm³/mol. The number of para-hydroxylation sites is 1. The maximum atomic E-state index is 11.8. The fourth-order valence-corrected chi connectivity index (χ4v) is 1.53. The van der Waals surface area contributed by atoms with Crippen molar-refractivity contribution in [3.8, 4) is 0 Å². The zero-order chi connectivity index (χ0) is 14.4. The van der Waals surface area contributed by atoms with Gasteiger partial charge in [-0.3, -0.25) is 4.79 Å². The number of carbonyl (C=O) groups excluding carboxylic acids is 2. The SMILES string of the molecule is CCNC(=O)Nc1cccc(C)c1NC(=O)C(C)C. The number of anilines is 2. The largest absolute Gasteiger partial charge is 0.338 e. The lowest BCUT2D eigenvalue weighted by Gasteiger charge is -2.16. The van der Waals surface area contributed by atoms with Gasteiger partial charge in [0.05, 0.1) is 11.4 Å². The molecule has 0 saturated heterocycles. The zero-order valence-electron chi connectivity index (χ0n) is 11.8. The minimum atomic E-state index is -0.284. The van der Waals surface area contributed by atoms with Gasteiger partial charge in [-0.1, -0.05) is 26.0 Å². The molecule has 3 N–H and O–H groups in total. The standard InChI is InChI=1S/C14H21N3O2/c1-5-15-14(19)16-11-8-6-7-10(4)12(11)17-13(18)9(2)3/h6-9H,5H2,1-4H3,(H,17,18)(H2,15,16,19). The molecule has 1 rings (SSSR count). The molecule has 1 aromatic rings. The van der Waals surface area contributed by atoms with Crippen LogP contribution in [0.2, 0.25) is 0 Å². The van der Waals surface area contributed by atoms with E-state index >= 15 is 0 Å². The summed E-state index contributed by atoms with van der Waals surface area (Å²) in [6, 6.07) is 5.20. The summed E-state index contributed by atoms with van der Waals surface area (Å²) >= 11 is 0. The van der Waals surface area contributed by atoms with E-state index in [0.717, 1.165) is 5.56 Å². The van der Waals surface area contributed by atoms with Crippen molar-refractivity contribution in [2.75, 3.05) is 17.2 Å². The highest BCUT2D eigenvalue weighted by molar-refractivity contribution is 6.00. The molecule has 104 valence electrons. The quantitative estimate of drug-likeness (QED) is 0.781. The smallest absolute Gasteiger partial charge is 0.319 e. The van der Waals surface area contributed by atoms with Gasteiger partial charge in [0, 0.05) is 12.5 Å². The number of carbonyl (C=O) groups is 2. The van der Waals surface area contributed by atoms with Gasteiger partial charge in [-0.2, -0.15) is 0 Å². The summed E-state index contributed by atoms with van der Waals surface area (Å²) in [6.07, 6.45) is 0. The van der Waals surface area contributed by atoms with Crippen LogP contribution in [0.25, 0.3) is 0 Å². The van der Waals surface area contributed by atoms with E-state index in [0.29, 0.717) is 17.9 Å². The Morgan fingerprint density at radius 3 is 2.47 bits per heavy atom. The van der Waals surface area contributed by atoms with Gasteiger partial charge in [0.1, 0.15) is 0 Å². The van der Waals surface area contributed by atoms with Gasteiger partial charge < -0.3 is 16.0 Å². The van der Waals surface area contributed by atoms with Crippen molar-refractivity contribution in [1.82, 2.24) is 5.32 Å². The third-order valence-corrected chi connectivity index (χ3v) is 2.63. The first-order chi connectivity index (χ1) is 8.95. The number of benzene rings is 1. The first-order valence-electron chi connectivity index (χ1n) is 6.41. The van der Waals surface area contributed by atoms with Gasteiger partial charge in [-0.15, -0.1) is 0 Å². The Kier molecular flexibility index (Phi) is 5.36. The van der Waals surface area contributed by atoms with Gasteiger partial charge in [0.15, 0.2) is 0 Å². The monoisotopic (exact) mass is 263 g/mol. The lowest BCUT2D eigenvalue weighted by molar-refractivity contribution is -0.118. The van der Waals surface area contributed by atoms with E-state index in [-0.39, 0.29) is 17.9 Å². The van der Waals surface area contributed by atoms with Crippen LogP contribution in [-0.4, -0.2) is 18.5 Å². The molecular formula is C14H21N3O2. The lowest BCUT2D eigenvalue weighted by atomic mass is 10.1. The first kappa shape index (κ1) is 15.0. The van der Waals surface area contributed by atoms with Crippen molar-refractivity contribution in [3.05, 3.63) is 23.8 Å². The molecule has 0 aromatic heterocycles. The molecule has 0 fully saturated rings. The van der Waals surface area contributed by atoms with Crippen LogP contribution >= 0.6 is 0 Å². The molecule has 1 aromatic carbocycles. The summed E-state index contributed by atoms with van der Waals surface area (Å²) in [5.74, 6) is -0.190. The second-order valence-corrected chi connectivity index (χ2v) is 4.63. The van der Waals surface area contributed by atoms with Crippen LogP contribution in [0.5, 0.6) is 0 Å². The van der Waals surface area contributed by atoms with E-state index in [2.05, 4.69) is 16.0 Å². The summed E-state index contributed by atoms with van der Waals surface area (Å²) < 4.78 is 0. The summed E-state index contributed by atoms with van der Waals surface area (Å²) in [5.41, 5.74) is 2.15. The minimum absolute atomic E-state index is 0.0757. The maximum Gasteiger partial charge on any atom is 0.319 e. The molecule has 0 aliphatic rings. The van der Waals surface area contributed by atoms with Gasteiger partial charge in [-0.25, -0.2) is 4.79 Å². The Hall–Kier alpha value is -2.04. The number of hydrogen-bond donors (Lipinski definition) is 3. The minimum Gasteiger partial charge on any atom is -0.338 e. The van der Waals surface area contributed by atoms with Gasteiger partial charge in [0.25, 0.3) is 0 Å². The number of amides is 3. The number of urea groups is 1. The number of aryl methyl sites for hydroxylation is 1. The molecule has 0 heterocycles. The van der Waals surface area contributed by atoms with Gasteiger partial charge >= 0.3 is 6.03 Å². The van der Waals surface area contributed by atoms with E-state index in [9.17, 15) is 9.59 Å². The van der Waals surface area contributed by atoms with Crippen LogP contribution in [0.3, 0.4) is 0 Å². The Balaban J connectivity index is 2.95. The Labute approximate surface area is 113 Å². The maximum absolute atomic E-state index is 11.8. The molecule has 0 aliphatic heterocycles. The van der Waals surface area contributed by atoms with Crippen LogP contribution in [-0.2, 0) is 4.79 Å². The Morgan fingerprint density at radius 2 is 1.89 bits per heavy atom. The molecule has 0 spiro atoms.